The van der Waals surface area contributed by atoms with Crippen LogP contribution in [-0.2, 0) is 20.9 Å². The van der Waals surface area contributed by atoms with Crippen molar-refractivity contribution in [3.8, 4) is 17.3 Å². The minimum atomic E-state index is -0.808. The fraction of sp³-hybridized carbons (Fsp3) is 0.441. The number of hydrogen-bond donors (Lipinski definition) is 2. The smallest absolute Gasteiger partial charge is 0.330 e. The number of hydrogen-bond acceptors (Lipinski definition) is 11. The molecule has 0 unspecified atom stereocenters. The molecule has 2 aliphatic carbocycles. The molecular weight excluding hydrogens is 694 g/mol. The molecule has 3 fully saturated rings. The van der Waals surface area contributed by atoms with Gasteiger partial charge in [0.1, 0.15) is 34.7 Å². The maximum absolute atomic E-state index is 14.0. The highest BCUT2D eigenvalue weighted by Crippen LogP contribution is 2.59. The van der Waals surface area contributed by atoms with E-state index in [9.17, 15) is 19.2 Å². The number of ketones is 1. The highest BCUT2D eigenvalue weighted by atomic mass is 79.9. The molecule has 1 saturated heterocycles. The van der Waals surface area contributed by atoms with Crippen LogP contribution >= 0.6 is 15.9 Å². The molecule has 14 nitrogen and oxygen atoms in total. The van der Waals surface area contributed by atoms with E-state index in [1.807, 2.05) is 26.0 Å². The van der Waals surface area contributed by atoms with Gasteiger partial charge in [-0.25, -0.2) is 19.7 Å². The number of amides is 2. The van der Waals surface area contributed by atoms with Crippen molar-refractivity contribution in [3.05, 3.63) is 52.7 Å². The molecule has 3 N–H and O–H groups in total. The molecular formula is C34H36BrN9O5. The summed E-state index contributed by atoms with van der Waals surface area (Å²) in [7, 11) is 0. The molecule has 0 radical (unpaired) electrons. The average molecular weight is 731 g/mol. The second-order valence-electron chi connectivity index (χ2n) is 13.8. The molecule has 49 heavy (non-hydrogen) atoms. The van der Waals surface area contributed by atoms with Gasteiger partial charge >= 0.3 is 12.0 Å². The lowest BCUT2D eigenvalue weighted by molar-refractivity contribution is -0.138. The van der Waals surface area contributed by atoms with E-state index in [-0.39, 0.29) is 53.2 Å². The monoisotopic (exact) mass is 729 g/mol. The lowest BCUT2D eigenvalue weighted by Gasteiger charge is -2.27. The first-order valence-corrected chi connectivity index (χ1v) is 17.1. The number of Topliss-reactive ketones (excluding diaryl/α,β-unsaturated/α-hetero) is 1. The van der Waals surface area contributed by atoms with E-state index < -0.39 is 18.1 Å². The molecule has 5 heterocycles. The van der Waals surface area contributed by atoms with Crippen LogP contribution in [0, 0.1) is 11.3 Å². The lowest BCUT2D eigenvalue weighted by Crippen LogP contribution is -2.47. The van der Waals surface area contributed by atoms with Crippen LogP contribution in [0.4, 0.5) is 5.82 Å². The number of piperidine rings is 1. The zero-order valence-electron chi connectivity index (χ0n) is 27.5. The summed E-state index contributed by atoms with van der Waals surface area (Å²) in [5, 5.41) is 8.04. The van der Waals surface area contributed by atoms with E-state index in [0.717, 1.165) is 24.8 Å². The predicted molar refractivity (Wildman–Crippen MR) is 181 cm³/mol. The Bertz CT molecular complexity index is 2010. The number of carbonyl (C=O) groups excluding carboxylic acids is 4. The third-order valence-electron chi connectivity index (χ3n) is 9.74. The van der Waals surface area contributed by atoms with Gasteiger partial charge in [-0.05, 0) is 76.6 Å². The number of nitrogens with one attached hydrogen (secondary N) is 1. The van der Waals surface area contributed by atoms with E-state index in [1.54, 1.807) is 17.2 Å². The molecule has 4 aromatic rings. The van der Waals surface area contributed by atoms with E-state index >= 15 is 0 Å². The van der Waals surface area contributed by atoms with Gasteiger partial charge in [-0.2, -0.15) is 5.10 Å². The van der Waals surface area contributed by atoms with Gasteiger partial charge in [0.15, 0.2) is 5.78 Å². The zero-order valence-corrected chi connectivity index (χ0v) is 29.1. The van der Waals surface area contributed by atoms with Crippen molar-refractivity contribution in [2.75, 3.05) is 5.32 Å². The van der Waals surface area contributed by atoms with E-state index in [2.05, 4.69) is 53.2 Å². The Morgan fingerprint density at radius 1 is 1.10 bits per heavy atom. The predicted octanol–water partition coefficient (Wildman–Crippen LogP) is 4.03. The Kier molecular flexibility index (Phi) is 8.30. The number of pyridine rings is 2. The molecule has 0 spiro atoms. The number of esters is 1. The van der Waals surface area contributed by atoms with Gasteiger partial charge in [0.2, 0.25) is 11.8 Å². The fourth-order valence-corrected chi connectivity index (χ4v) is 6.89. The van der Waals surface area contributed by atoms with Gasteiger partial charge in [0.05, 0.1) is 17.4 Å². The molecule has 4 aromatic heterocycles. The molecule has 15 heteroatoms. The summed E-state index contributed by atoms with van der Waals surface area (Å²) in [6.45, 7) is 6.95. The average Bonchev–Trinajstić information content (AvgIpc) is 3.96. The summed E-state index contributed by atoms with van der Waals surface area (Å²) in [5.41, 5.74) is 8.36. The van der Waals surface area contributed by atoms with Crippen LogP contribution < -0.4 is 15.8 Å². The van der Waals surface area contributed by atoms with Gasteiger partial charge in [-0.15, -0.1) is 0 Å². The van der Waals surface area contributed by atoms with Crippen molar-refractivity contribution < 1.29 is 23.9 Å². The van der Waals surface area contributed by atoms with Crippen LogP contribution in [0.3, 0.4) is 0 Å². The third-order valence-corrected chi connectivity index (χ3v) is 10.2. The van der Waals surface area contributed by atoms with Crippen molar-refractivity contribution in [3.63, 3.8) is 0 Å². The summed E-state index contributed by atoms with van der Waals surface area (Å²) >= 11 is 3.41. The number of anilines is 1. The molecule has 3 aliphatic rings. The van der Waals surface area contributed by atoms with Crippen LogP contribution in [0.2, 0.25) is 0 Å². The van der Waals surface area contributed by atoms with E-state index in [1.165, 1.54) is 24.0 Å². The van der Waals surface area contributed by atoms with Crippen LogP contribution in [0.5, 0.6) is 6.01 Å². The van der Waals surface area contributed by atoms with Crippen LogP contribution in [-0.4, -0.2) is 76.3 Å². The van der Waals surface area contributed by atoms with Crippen molar-refractivity contribution in [2.24, 2.45) is 17.1 Å². The number of likely N-dealkylation sites (tertiary alicyclic amines) is 1. The van der Waals surface area contributed by atoms with Gasteiger partial charge in [0.25, 0.3) is 0 Å². The first-order valence-electron chi connectivity index (χ1n) is 16.3. The topological polar surface area (TPSA) is 188 Å². The summed E-state index contributed by atoms with van der Waals surface area (Å²) in [6, 6.07) is 3.88. The highest BCUT2D eigenvalue weighted by Gasteiger charge is 2.64. The van der Waals surface area contributed by atoms with E-state index in [4.69, 9.17) is 10.5 Å². The third kappa shape index (κ3) is 6.32. The van der Waals surface area contributed by atoms with Crippen molar-refractivity contribution in [1.29, 1.82) is 0 Å². The fourth-order valence-electron chi connectivity index (χ4n) is 6.58. The van der Waals surface area contributed by atoms with E-state index in [0.29, 0.717) is 44.9 Å². The summed E-state index contributed by atoms with van der Waals surface area (Å²) in [6.07, 6.45) is 7.93. The second kappa shape index (κ2) is 12.4. The molecule has 0 bridgehead atoms. The number of carbonyl (C=O) groups is 4. The van der Waals surface area contributed by atoms with Crippen molar-refractivity contribution in [1.82, 2.24) is 34.6 Å². The van der Waals surface area contributed by atoms with Crippen molar-refractivity contribution in [2.45, 2.75) is 84.0 Å². The Hall–Kier alpha value is -4.63. The maximum Gasteiger partial charge on any atom is 0.330 e. The lowest BCUT2D eigenvalue weighted by atomic mass is 10.0. The number of nitrogens with two attached hydrogens (primary N) is 1. The number of aromatic nitrogens is 6. The molecule has 1 aliphatic heterocycles. The number of ether oxygens (including phenoxy) is 1. The highest BCUT2D eigenvalue weighted by molar-refractivity contribution is 9.10. The summed E-state index contributed by atoms with van der Waals surface area (Å²) in [5.74, 6) is -0.647. The quantitative estimate of drug-likeness (QED) is 0.136. The molecule has 0 aromatic carbocycles. The Morgan fingerprint density at radius 3 is 2.51 bits per heavy atom. The minimum Gasteiger partial charge on any atom is -0.390 e. The largest absolute Gasteiger partial charge is 0.390 e. The van der Waals surface area contributed by atoms with Gasteiger partial charge < -0.3 is 20.7 Å². The summed E-state index contributed by atoms with van der Waals surface area (Å²) < 4.78 is 7.29. The van der Waals surface area contributed by atoms with Gasteiger partial charge in [0, 0.05) is 36.3 Å². The Labute approximate surface area is 290 Å². The maximum atomic E-state index is 14.0. The number of fused-ring (bicyclic) bond motifs is 2. The summed E-state index contributed by atoms with van der Waals surface area (Å²) in [4.78, 5) is 71.6. The minimum absolute atomic E-state index is 0.0590. The van der Waals surface area contributed by atoms with Gasteiger partial charge in [-0.1, -0.05) is 26.8 Å². The Morgan fingerprint density at radius 2 is 1.84 bits per heavy atom. The first kappa shape index (κ1) is 32.9. The zero-order chi connectivity index (χ0) is 34.8. The number of rotatable bonds is 10. The number of halogens is 1. The van der Waals surface area contributed by atoms with Crippen LogP contribution in [0.1, 0.15) is 75.3 Å². The standard InChI is InChI=1S/C34H36BrN9O5/c1-16(2)28(36)32(48)49-33-38-12-19(13-39-33)22-9-21-24(14-37-22)43(42-29(21)17(3)45)15-27(46)44-23(10-34(4)11-25(34)44)31(47)41-30-20(18-5-6-18)7-8-26(35)40-30/h7-9,12-14,16,18,23,25,28H,5-6,10-11,15,36H2,1-4H3,(H,40,41,47)/t23-,25+,28-,34-/m0/s1. The molecule has 2 amide bonds. The SMILES string of the molecule is CC(=O)c1nn(CC(=O)N2[C@H](C(=O)Nc3nc(Br)ccc3C3CC3)C[C@@]3(C)C[C@@H]23)c2cnc(-c3cnc(OC(=O)[C@@H](N)C(C)C)nc3)cc12. The normalized spacial score (nSPS) is 21.8. The van der Waals surface area contributed by atoms with Crippen LogP contribution in [0.25, 0.3) is 22.2 Å². The van der Waals surface area contributed by atoms with Crippen molar-refractivity contribution >= 4 is 56.2 Å². The molecule has 2 saturated carbocycles. The molecule has 4 atom stereocenters. The number of nitrogens with zero attached hydrogens (tertiary/aromatic N) is 7. The second-order valence-corrected chi connectivity index (χ2v) is 14.6. The first-order chi connectivity index (χ1) is 23.3. The molecule has 7 rings (SSSR count). The van der Waals surface area contributed by atoms with Crippen LogP contribution in [0.15, 0.2) is 41.4 Å². The van der Waals surface area contributed by atoms with Gasteiger partial charge in [-0.3, -0.25) is 24.0 Å². The Balaban J connectivity index is 1.11. The molecule has 254 valence electrons.